The number of hydrogen-bond donors (Lipinski definition) is 3. The average Bonchev–Trinajstić information content (AvgIpc) is 3.25. The van der Waals surface area contributed by atoms with Crippen molar-refractivity contribution in [3.63, 3.8) is 0 Å². The minimum absolute atomic E-state index is 0.0208. The molecule has 2 aromatic heterocycles. The molecule has 0 aromatic carbocycles. The monoisotopic (exact) mass is 322 g/mol. The molecule has 9 heteroatoms. The van der Waals surface area contributed by atoms with Gasteiger partial charge in [0, 0.05) is 6.20 Å². The van der Waals surface area contributed by atoms with Crippen LogP contribution < -0.4 is 11.1 Å². The number of aliphatic carboxylic acids is 1. The molecular formula is C14H18N4O5. The number of aromatic nitrogens is 2. The highest BCUT2D eigenvalue weighted by molar-refractivity contribution is 5.73. The number of oxazole rings is 2. The van der Waals surface area contributed by atoms with Gasteiger partial charge in [-0.1, -0.05) is 13.8 Å². The van der Waals surface area contributed by atoms with Gasteiger partial charge in [-0.3, -0.25) is 4.79 Å². The first-order valence-electron chi connectivity index (χ1n) is 6.89. The molecule has 0 radical (unpaired) electrons. The lowest BCUT2D eigenvalue weighted by Gasteiger charge is -2.07. The summed E-state index contributed by atoms with van der Waals surface area (Å²) in [6.45, 7) is 3.55. The third-order valence-corrected chi connectivity index (χ3v) is 2.93. The Kier molecular flexibility index (Phi) is 5.36. The number of hydrogen-bond acceptors (Lipinski definition) is 8. The van der Waals surface area contributed by atoms with Crippen molar-refractivity contribution in [1.82, 2.24) is 15.3 Å². The van der Waals surface area contributed by atoms with Gasteiger partial charge in [0.25, 0.3) is 5.89 Å². The zero-order valence-electron chi connectivity index (χ0n) is 12.7. The standard InChI is InChI=1S/C9H7N3O3.C5H11NO2/c1-3-13-7(10-1)6-5-15-9(12-6)8-11-2-4-14-8;1-3(2)4(6)5(7)8/h1-5,8,11H;3-4H,6H2,1-2H3,(H,7,8)/t;4-/m.0/s1. The second kappa shape index (κ2) is 7.45. The maximum absolute atomic E-state index is 10.0. The summed E-state index contributed by atoms with van der Waals surface area (Å²) < 4.78 is 15.5. The topological polar surface area (TPSA) is 137 Å². The maximum Gasteiger partial charge on any atom is 0.320 e. The normalized spacial score (nSPS) is 17.1. The van der Waals surface area contributed by atoms with Gasteiger partial charge in [0.05, 0.1) is 6.20 Å². The summed E-state index contributed by atoms with van der Waals surface area (Å²) in [6, 6.07) is -0.713. The number of carboxylic acid groups (broad SMARTS) is 1. The third-order valence-electron chi connectivity index (χ3n) is 2.93. The Morgan fingerprint density at radius 2 is 2.22 bits per heavy atom. The number of nitrogens with zero attached hydrogens (tertiary/aromatic N) is 2. The Hall–Kier alpha value is -2.81. The molecule has 0 aliphatic carbocycles. The van der Waals surface area contributed by atoms with E-state index in [9.17, 15) is 4.79 Å². The quantitative estimate of drug-likeness (QED) is 0.764. The van der Waals surface area contributed by atoms with Crippen molar-refractivity contribution < 1.29 is 23.5 Å². The van der Waals surface area contributed by atoms with E-state index in [0.29, 0.717) is 17.5 Å². The van der Waals surface area contributed by atoms with Crippen molar-refractivity contribution in [2.75, 3.05) is 0 Å². The van der Waals surface area contributed by atoms with Gasteiger partial charge < -0.3 is 29.7 Å². The zero-order chi connectivity index (χ0) is 16.8. The van der Waals surface area contributed by atoms with Crippen LogP contribution >= 0.6 is 0 Å². The lowest BCUT2D eigenvalue weighted by atomic mass is 10.1. The van der Waals surface area contributed by atoms with Gasteiger partial charge in [-0.15, -0.1) is 0 Å². The smallest absolute Gasteiger partial charge is 0.320 e. The van der Waals surface area contributed by atoms with Crippen molar-refractivity contribution in [3.8, 4) is 11.6 Å². The molecule has 0 saturated heterocycles. The summed E-state index contributed by atoms with van der Waals surface area (Å²) in [4.78, 5) is 18.2. The van der Waals surface area contributed by atoms with Crippen molar-refractivity contribution in [2.24, 2.45) is 11.7 Å². The molecule has 124 valence electrons. The molecule has 3 heterocycles. The minimum atomic E-state index is -0.931. The molecular weight excluding hydrogens is 304 g/mol. The molecule has 0 amide bonds. The van der Waals surface area contributed by atoms with Gasteiger partial charge >= 0.3 is 5.97 Å². The fraction of sp³-hybridized carbons (Fsp3) is 0.357. The lowest BCUT2D eigenvalue weighted by Crippen LogP contribution is -2.34. The van der Waals surface area contributed by atoms with E-state index in [4.69, 9.17) is 24.4 Å². The van der Waals surface area contributed by atoms with Gasteiger partial charge in [-0.25, -0.2) is 9.97 Å². The number of nitrogens with two attached hydrogens (primary N) is 1. The second-order valence-corrected chi connectivity index (χ2v) is 5.00. The van der Waals surface area contributed by atoms with E-state index >= 15 is 0 Å². The Balaban J connectivity index is 0.000000207. The van der Waals surface area contributed by atoms with E-state index in [1.54, 1.807) is 32.5 Å². The van der Waals surface area contributed by atoms with Crippen LogP contribution in [0.15, 0.2) is 40.0 Å². The minimum Gasteiger partial charge on any atom is -0.480 e. The molecule has 0 fully saturated rings. The maximum atomic E-state index is 10.0. The predicted octanol–water partition coefficient (Wildman–Crippen LogP) is 1.47. The van der Waals surface area contributed by atoms with Crippen LogP contribution in [0.3, 0.4) is 0 Å². The Labute approximate surface area is 132 Å². The predicted molar refractivity (Wildman–Crippen MR) is 78.6 cm³/mol. The third kappa shape index (κ3) is 4.33. The van der Waals surface area contributed by atoms with Crippen LogP contribution in [0, 0.1) is 5.92 Å². The summed E-state index contributed by atoms with van der Waals surface area (Å²) in [7, 11) is 0. The first kappa shape index (κ1) is 16.6. The largest absolute Gasteiger partial charge is 0.480 e. The summed E-state index contributed by atoms with van der Waals surface area (Å²) >= 11 is 0. The Morgan fingerprint density at radius 3 is 2.70 bits per heavy atom. The van der Waals surface area contributed by atoms with E-state index in [2.05, 4.69) is 15.3 Å². The number of ether oxygens (including phenoxy) is 1. The van der Waals surface area contributed by atoms with E-state index in [1.165, 1.54) is 12.5 Å². The van der Waals surface area contributed by atoms with Gasteiger partial charge in [-0.05, 0) is 5.92 Å². The first-order valence-corrected chi connectivity index (χ1v) is 6.89. The average molecular weight is 322 g/mol. The first-order chi connectivity index (χ1) is 11.0. The van der Waals surface area contributed by atoms with Gasteiger partial charge in [0.1, 0.15) is 24.8 Å². The fourth-order valence-corrected chi connectivity index (χ4v) is 1.55. The number of carboxylic acids is 1. The van der Waals surface area contributed by atoms with Crippen LogP contribution in [0.1, 0.15) is 26.0 Å². The van der Waals surface area contributed by atoms with Crippen LogP contribution in [0.2, 0.25) is 0 Å². The van der Waals surface area contributed by atoms with E-state index < -0.39 is 12.0 Å². The summed E-state index contributed by atoms with van der Waals surface area (Å²) in [5.74, 6) is -0.0448. The molecule has 2 aromatic rings. The second-order valence-electron chi connectivity index (χ2n) is 5.00. The summed E-state index contributed by atoms with van der Waals surface area (Å²) in [5, 5.41) is 11.1. The molecule has 9 nitrogen and oxygen atoms in total. The summed E-state index contributed by atoms with van der Waals surface area (Å²) in [5.41, 5.74) is 5.71. The van der Waals surface area contributed by atoms with Crippen molar-refractivity contribution >= 4 is 5.97 Å². The van der Waals surface area contributed by atoms with E-state index in [-0.39, 0.29) is 12.1 Å². The zero-order valence-corrected chi connectivity index (χ0v) is 12.7. The number of carbonyl (C=O) groups is 1. The Morgan fingerprint density at radius 1 is 1.43 bits per heavy atom. The van der Waals surface area contributed by atoms with Crippen LogP contribution in [-0.4, -0.2) is 27.1 Å². The fourth-order valence-electron chi connectivity index (χ4n) is 1.55. The van der Waals surface area contributed by atoms with Crippen molar-refractivity contribution in [3.05, 3.63) is 37.1 Å². The molecule has 0 spiro atoms. The molecule has 1 unspecified atom stereocenters. The molecule has 4 N–H and O–H groups in total. The summed E-state index contributed by atoms with van der Waals surface area (Å²) in [6.07, 6.45) is 7.36. The van der Waals surface area contributed by atoms with Crippen molar-refractivity contribution in [1.29, 1.82) is 0 Å². The van der Waals surface area contributed by atoms with Gasteiger partial charge in [0.15, 0.2) is 5.69 Å². The molecule has 2 atom stereocenters. The van der Waals surface area contributed by atoms with Gasteiger partial charge in [0.2, 0.25) is 12.1 Å². The van der Waals surface area contributed by atoms with Crippen LogP contribution in [0.25, 0.3) is 11.6 Å². The molecule has 3 rings (SSSR count). The van der Waals surface area contributed by atoms with Crippen LogP contribution in [0.5, 0.6) is 0 Å². The van der Waals surface area contributed by atoms with Crippen molar-refractivity contribution in [2.45, 2.75) is 26.1 Å². The molecule has 0 bridgehead atoms. The van der Waals surface area contributed by atoms with E-state index in [0.717, 1.165) is 0 Å². The SMILES string of the molecule is C1=COC(c2nc(-c3ncco3)co2)N1.CC(C)[C@H](N)C(=O)O. The highest BCUT2D eigenvalue weighted by Gasteiger charge is 2.20. The molecule has 1 aliphatic rings. The van der Waals surface area contributed by atoms with E-state index in [1.807, 2.05) is 0 Å². The van der Waals surface area contributed by atoms with Crippen LogP contribution in [0.4, 0.5) is 0 Å². The Bertz CT molecular complexity index is 642. The highest BCUT2D eigenvalue weighted by Crippen LogP contribution is 2.22. The molecule has 1 aliphatic heterocycles. The number of nitrogens with one attached hydrogen (secondary N) is 1. The van der Waals surface area contributed by atoms with Gasteiger partial charge in [-0.2, -0.15) is 0 Å². The highest BCUT2D eigenvalue weighted by atomic mass is 16.5. The number of rotatable bonds is 4. The lowest BCUT2D eigenvalue weighted by molar-refractivity contribution is -0.139. The van der Waals surface area contributed by atoms with Crippen LogP contribution in [-0.2, 0) is 9.53 Å². The molecule has 0 saturated carbocycles. The molecule has 23 heavy (non-hydrogen) atoms.